The van der Waals surface area contributed by atoms with Gasteiger partial charge in [-0.05, 0) is 107 Å². The number of hydrogen-bond donors (Lipinski definition) is 0. The van der Waals surface area contributed by atoms with Crippen LogP contribution in [0.1, 0.15) is 44.5 Å². The van der Waals surface area contributed by atoms with Crippen molar-refractivity contribution in [2.45, 2.75) is 0 Å². The molecule has 77 heavy (non-hydrogen) atoms. The van der Waals surface area contributed by atoms with Gasteiger partial charge in [-0.2, -0.15) is 42.1 Å². The smallest absolute Gasteiger partial charge is 0.164 e. The first-order chi connectivity index (χ1) is 37.8. The first-order valence-electron chi connectivity index (χ1n) is 23.7. The molecule has 0 amide bonds. The van der Waals surface area contributed by atoms with E-state index in [1.165, 1.54) is 12.1 Å². The molecule has 0 unspecified atom stereocenters. The number of nitrogens with zero attached hydrogens (tertiary/aromatic N) is 12. The van der Waals surface area contributed by atoms with E-state index in [1.54, 1.807) is 60.7 Å². The maximum Gasteiger partial charge on any atom is 0.164 e. The van der Waals surface area contributed by atoms with Crippen molar-refractivity contribution < 1.29 is 0 Å². The topological polar surface area (TPSA) is 234 Å². The van der Waals surface area contributed by atoms with Crippen LogP contribution >= 0.6 is 0 Å². The van der Waals surface area contributed by atoms with Crippen molar-refractivity contribution in [1.29, 1.82) is 42.1 Å². The van der Waals surface area contributed by atoms with Crippen LogP contribution in [-0.4, -0.2) is 19.5 Å². The number of rotatable bonds is 8. The van der Waals surface area contributed by atoms with E-state index in [1.807, 2.05) is 114 Å². The molecule has 0 radical (unpaired) electrons. The number of fused-ring (bicyclic) bond motifs is 3. The van der Waals surface area contributed by atoms with Crippen molar-refractivity contribution in [2.24, 2.45) is 0 Å². The van der Waals surface area contributed by atoms with Crippen LogP contribution in [0.5, 0.6) is 0 Å². The molecule has 0 spiro atoms. The Morgan fingerprint density at radius 1 is 0.273 bits per heavy atom. The quantitative estimate of drug-likeness (QED) is 0.139. The molecule has 11 aromatic rings. The summed E-state index contributed by atoms with van der Waals surface area (Å²) in [6.07, 6.45) is 0. The number of hydrogen-bond acceptors (Lipinski definition) is 11. The first-order valence-corrected chi connectivity index (χ1v) is 23.7. The van der Waals surface area contributed by atoms with Crippen LogP contribution in [0.25, 0.3) is 106 Å². The molecule has 0 atom stereocenters. The van der Waals surface area contributed by atoms with Crippen molar-refractivity contribution in [2.75, 3.05) is 0 Å². The van der Waals surface area contributed by atoms with E-state index in [0.717, 1.165) is 11.1 Å². The zero-order valence-corrected chi connectivity index (χ0v) is 40.2. The third-order valence-corrected chi connectivity index (χ3v) is 13.3. The molecule has 0 aliphatic heterocycles. The van der Waals surface area contributed by atoms with Crippen molar-refractivity contribution in [3.63, 3.8) is 0 Å². The van der Waals surface area contributed by atoms with Gasteiger partial charge >= 0.3 is 0 Å². The fourth-order valence-electron chi connectivity index (χ4n) is 9.75. The average Bonchev–Trinajstić information content (AvgIpc) is 3.90. The highest BCUT2D eigenvalue weighted by molar-refractivity contribution is 6.13. The van der Waals surface area contributed by atoms with E-state index in [-0.39, 0.29) is 28.1 Å². The minimum Gasteiger partial charge on any atom is -0.308 e. The summed E-state index contributed by atoms with van der Waals surface area (Å²) in [5.41, 5.74) is 10.3. The minimum absolute atomic E-state index is 0.180. The lowest BCUT2D eigenvalue weighted by Gasteiger charge is -2.22. The Kier molecular flexibility index (Phi) is 12.1. The molecule has 2 heterocycles. The van der Waals surface area contributed by atoms with Crippen LogP contribution in [0.2, 0.25) is 0 Å². The molecule has 2 aromatic heterocycles. The van der Waals surface area contributed by atoms with Gasteiger partial charge in [0.25, 0.3) is 0 Å². The summed E-state index contributed by atoms with van der Waals surface area (Å²) in [6.45, 7) is 0. The van der Waals surface area contributed by atoms with Crippen LogP contribution in [0, 0.1) is 90.6 Å². The molecule has 350 valence electrons. The molecule has 12 heteroatoms. The fraction of sp³-hybridized carbons (Fsp3) is 0. The van der Waals surface area contributed by atoms with E-state index in [4.69, 9.17) is 15.0 Å². The Morgan fingerprint density at radius 3 is 0.961 bits per heavy atom. The summed E-state index contributed by atoms with van der Waals surface area (Å²) in [5.74, 6) is 1.06. The molecule has 0 N–H and O–H groups in total. The van der Waals surface area contributed by atoms with Crippen molar-refractivity contribution in [1.82, 2.24) is 19.5 Å². The lowest BCUT2D eigenvalue weighted by Crippen LogP contribution is -2.05. The predicted octanol–water partition coefficient (Wildman–Crippen LogP) is 13.6. The summed E-state index contributed by atoms with van der Waals surface area (Å²) >= 11 is 0. The summed E-state index contributed by atoms with van der Waals surface area (Å²) in [6, 6.07) is 71.7. The Bertz CT molecular complexity index is 4380. The van der Waals surface area contributed by atoms with E-state index in [0.29, 0.717) is 111 Å². The zero-order valence-electron chi connectivity index (χ0n) is 40.2. The van der Waals surface area contributed by atoms with Crippen LogP contribution in [0.15, 0.2) is 182 Å². The third-order valence-electron chi connectivity index (χ3n) is 13.3. The molecular weight excluding hydrogens is 949 g/mol. The Balaban J connectivity index is 1.31. The van der Waals surface area contributed by atoms with Gasteiger partial charge in [-0.1, -0.05) is 97.1 Å². The highest BCUT2D eigenvalue weighted by Gasteiger charge is 2.27. The van der Waals surface area contributed by atoms with Gasteiger partial charge in [-0.25, -0.2) is 15.0 Å². The Morgan fingerprint density at radius 2 is 0.610 bits per heavy atom. The van der Waals surface area contributed by atoms with Gasteiger partial charge in [0.05, 0.1) is 110 Å². The molecule has 12 nitrogen and oxygen atoms in total. The van der Waals surface area contributed by atoms with Crippen LogP contribution in [0.3, 0.4) is 0 Å². The average molecular weight is 979 g/mol. The SMILES string of the molecule is N#Cc1ccc(-c2ccc3c(c2)c2cc(-c4ccc(C#N)cc4C#N)ccc2n3-c2c(-c3ccc(C#N)cc3C#N)cc(-c3nc(-c4ccccc4)nc(-c4ccccc4)n3)cc2-c2ccc(C#N)cc2C#N)c(C#N)c1. The Labute approximate surface area is 440 Å². The second-order valence-corrected chi connectivity index (χ2v) is 17.7. The third kappa shape index (κ3) is 8.42. The maximum atomic E-state index is 11.0. The standard InChI is InChI=1S/C65H30N12/c66-31-39-11-17-52(48(23-39)35-70)45-15-21-60-56(27-45)57-28-46(53-18-12-40(32-67)24-49(53)36-71)16-22-61(57)77(60)62-58(54-19-13-41(33-68)25-50(54)37-72)29-47(30-59(62)55-20-14-42(34-69)26-51(55)38-73)65-75-63(43-7-3-1-4-8-43)74-64(76-65)44-9-5-2-6-10-44/h1-30H. The number of aromatic nitrogens is 4. The van der Waals surface area contributed by atoms with Gasteiger partial charge in [0.15, 0.2) is 17.5 Å². The van der Waals surface area contributed by atoms with Gasteiger partial charge in [0, 0.05) is 49.7 Å². The molecule has 0 saturated heterocycles. The van der Waals surface area contributed by atoms with Gasteiger partial charge in [0.2, 0.25) is 0 Å². The summed E-state index contributed by atoms with van der Waals surface area (Å²) in [7, 11) is 0. The van der Waals surface area contributed by atoms with Crippen molar-refractivity contribution in [3.05, 3.63) is 226 Å². The maximum absolute atomic E-state index is 11.0. The lowest BCUT2D eigenvalue weighted by atomic mass is 9.88. The molecular formula is C65H30N12. The molecule has 0 aliphatic carbocycles. The normalized spacial score (nSPS) is 10.5. The summed E-state index contributed by atoms with van der Waals surface area (Å²) in [4.78, 5) is 15.1. The summed E-state index contributed by atoms with van der Waals surface area (Å²) < 4.78 is 2.04. The van der Waals surface area contributed by atoms with Crippen LogP contribution in [-0.2, 0) is 0 Å². The monoisotopic (exact) mass is 978 g/mol. The van der Waals surface area contributed by atoms with Gasteiger partial charge < -0.3 is 4.57 Å². The largest absolute Gasteiger partial charge is 0.308 e. The molecule has 0 fully saturated rings. The van der Waals surface area contributed by atoms with Crippen LogP contribution in [0.4, 0.5) is 0 Å². The van der Waals surface area contributed by atoms with Gasteiger partial charge in [0.1, 0.15) is 0 Å². The molecule has 0 saturated carbocycles. The fourth-order valence-corrected chi connectivity index (χ4v) is 9.75. The molecule has 0 bridgehead atoms. The number of benzene rings is 9. The van der Waals surface area contributed by atoms with Crippen molar-refractivity contribution >= 4 is 21.8 Å². The second-order valence-electron chi connectivity index (χ2n) is 17.7. The number of nitriles is 8. The van der Waals surface area contributed by atoms with Gasteiger partial charge in [-0.15, -0.1) is 0 Å². The molecule has 11 rings (SSSR count). The summed E-state index contributed by atoms with van der Waals surface area (Å²) in [5, 5.41) is 83.8. The first kappa shape index (κ1) is 47.1. The minimum atomic E-state index is 0.180. The van der Waals surface area contributed by atoms with E-state index < -0.39 is 0 Å². The highest BCUT2D eigenvalue weighted by Crippen LogP contribution is 2.47. The van der Waals surface area contributed by atoms with E-state index in [9.17, 15) is 42.1 Å². The zero-order chi connectivity index (χ0) is 53.2. The Hall–Kier alpha value is -12.3. The second kappa shape index (κ2) is 19.7. The predicted molar refractivity (Wildman–Crippen MR) is 290 cm³/mol. The molecule has 9 aromatic carbocycles. The van der Waals surface area contributed by atoms with E-state index >= 15 is 0 Å². The van der Waals surface area contributed by atoms with Crippen molar-refractivity contribution in [3.8, 4) is 133 Å². The highest BCUT2D eigenvalue weighted by atomic mass is 15.0. The van der Waals surface area contributed by atoms with Gasteiger partial charge in [-0.3, -0.25) is 0 Å². The molecule has 0 aliphatic rings. The lowest BCUT2D eigenvalue weighted by molar-refractivity contribution is 1.07. The van der Waals surface area contributed by atoms with E-state index in [2.05, 4.69) is 48.6 Å². The van der Waals surface area contributed by atoms with Crippen LogP contribution < -0.4 is 0 Å².